The third kappa shape index (κ3) is 7.19. The van der Waals surface area contributed by atoms with Crippen molar-refractivity contribution in [2.24, 2.45) is 11.8 Å². The van der Waals surface area contributed by atoms with E-state index in [0.717, 1.165) is 24.5 Å². The zero-order valence-electron chi connectivity index (χ0n) is 12.5. The minimum atomic E-state index is 0.351. The highest BCUT2D eigenvalue weighted by Crippen LogP contribution is 2.14. The zero-order valence-corrected chi connectivity index (χ0v) is 12.5. The van der Waals surface area contributed by atoms with Crippen molar-refractivity contribution in [3.63, 3.8) is 0 Å². The Morgan fingerprint density at radius 2 is 2.00 bits per heavy atom. The fourth-order valence-corrected chi connectivity index (χ4v) is 2.11. The van der Waals surface area contributed by atoms with E-state index >= 15 is 0 Å². The summed E-state index contributed by atoms with van der Waals surface area (Å²) in [4.78, 5) is 0. The monoisotopic (exact) mass is 264 g/mol. The first-order chi connectivity index (χ1) is 9.11. The van der Waals surface area contributed by atoms with Gasteiger partial charge in [-0.05, 0) is 43.4 Å². The second-order valence-electron chi connectivity index (χ2n) is 5.64. The number of hydrogen-bond acceptors (Lipinski definition) is 3. The lowest BCUT2D eigenvalue weighted by atomic mass is 10.0. The van der Waals surface area contributed by atoms with Crippen molar-refractivity contribution in [2.45, 2.75) is 52.5 Å². The fraction of sp³-hybridized carbons (Fsp3) is 0.625. The summed E-state index contributed by atoms with van der Waals surface area (Å²) < 4.78 is 5.75. The number of aryl methyl sites for hydroxylation is 1. The van der Waals surface area contributed by atoms with E-state index in [1.165, 1.54) is 18.4 Å². The summed E-state index contributed by atoms with van der Waals surface area (Å²) in [6.45, 7) is 7.29. The van der Waals surface area contributed by atoms with E-state index < -0.39 is 0 Å². The molecule has 0 spiro atoms. The molecule has 0 aliphatic carbocycles. The van der Waals surface area contributed by atoms with E-state index in [1.54, 1.807) is 0 Å². The van der Waals surface area contributed by atoms with Crippen molar-refractivity contribution in [1.82, 2.24) is 5.43 Å². The van der Waals surface area contributed by atoms with Crippen LogP contribution in [0.25, 0.3) is 0 Å². The van der Waals surface area contributed by atoms with Gasteiger partial charge in [-0.3, -0.25) is 11.3 Å². The van der Waals surface area contributed by atoms with Crippen LogP contribution in [0.3, 0.4) is 0 Å². The van der Waals surface area contributed by atoms with Crippen molar-refractivity contribution in [3.8, 4) is 5.75 Å². The Morgan fingerprint density at radius 1 is 1.21 bits per heavy atom. The van der Waals surface area contributed by atoms with Gasteiger partial charge in [-0.15, -0.1) is 0 Å². The van der Waals surface area contributed by atoms with Crippen molar-refractivity contribution in [2.75, 3.05) is 6.61 Å². The molecule has 3 nitrogen and oxygen atoms in total. The molecule has 0 aliphatic rings. The van der Waals surface area contributed by atoms with Crippen LogP contribution in [0.5, 0.6) is 5.75 Å². The summed E-state index contributed by atoms with van der Waals surface area (Å²) in [5, 5.41) is 0. The van der Waals surface area contributed by atoms with Crippen LogP contribution < -0.4 is 16.0 Å². The lowest BCUT2D eigenvalue weighted by Crippen LogP contribution is -2.36. The van der Waals surface area contributed by atoms with Gasteiger partial charge in [0.1, 0.15) is 5.75 Å². The van der Waals surface area contributed by atoms with E-state index in [9.17, 15) is 0 Å². The van der Waals surface area contributed by atoms with Crippen molar-refractivity contribution >= 4 is 0 Å². The van der Waals surface area contributed by atoms with Crippen molar-refractivity contribution in [1.29, 1.82) is 0 Å². The van der Waals surface area contributed by atoms with Crippen LogP contribution in [0.2, 0.25) is 0 Å². The highest BCUT2D eigenvalue weighted by atomic mass is 16.5. The highest BCUT2D eigenvalue weighted by Gasteiger charge is 2.07. The summed E-state index contributed by atoms with van der Waals surface area (Å²) in [6, 6.07) is 8.50. The van der Waals surface area contributed by atoms with Gasteiger partial charge in [0.25, 0.3) is 0 Å². The Morgan fingerprint density at radius 3 is 2.63 bits per heavy atom. The second-order valence-corrected chi connectivity index (χ2v) is 5.64. The van der Waals surface area contributed by atoms with Gasteiger partial charge in [0.15, 0.2) is 0 Å². The molecule has 108 valence electrons. The van der Waals surface area contributed by atoms with E-state index in [0.29, 0.717) is 12.6 Å². The Balaban J connectivity index is 2.22. The van der Waals surface area contributed by atoms with Crippen LogP contribution in [0.15, 0.2) is 24.3 Å². The molecule has 1 aromatic rings. The Hall–Kier alpha value is -1.06. The molecule has 1 atom stereocenters. The fourth-order valence-electron chi connectivity index (χ4n) is 2.11. The summed E-state index contributed by atoms with van der Waals surface area (Å²) >= 11 is 0. The number of nitrogens with one attached hydrogen (secondary N) is 1. The lowest BCUT2D eigenvalue weighted by molar-refractivity contribution is 0.278. The van der Waals surface area contributed by atoms with E-state index in [4.69, 9.17) is 10.6 Å². The maximum absolute atomic E-state index is 5.75. The Labute approximate surface area is 117 Å². The standard InChI is InChI=1S/C16H28N2O/c1-13(2)6-4-8-15(18-17)10-11-19-16-9-5-7-14(3)12-16/h5,7,9,12-13,15,18H,4,6,8,10-11,17H2,1-3H3. The van der Waals surface area contributed by atoms with Gasteiger partial charge in [-0.1, -0.05) is 38.8 Å². The van der Waals surface area contributed by atoms with E-state index in [1.807, 2.05) is 12.1 Å². The van der Waals surface area contributed by atoms with Crippen molar-refractivity contribution < 1.29 is 4.74 Å². The van der Waals surface area contributed by atoms with Gasteiger partial charge in [-0.25, -0.2) is 0 Å². The topological polar surface area (TPSA) is 47.3 Å². The normalized spacial score (nSPS) is 12.7. The van der Waals surface area contributed by atoms with E-state index in [-0.39, 0.29) is 0 Å². The SMILES string of the molecule is Cc1cccc(OCCC(CCCC(C)C)NN)c1. The number of ether oxygens (including phenoxy) is 1. The second kappa shape index (κ2) is 8.94. The molecule has 0 amide bonds. The van der Waals surface area contributed by atoms with Crippen LogP contribution in [0.1, 0.15) is 45.1 Å². The van der Waals surface area contributed by atoms with Crippen LogP contribution >= 0.6 is 0 Å². The zero-order chi connectivity index (χ0) is 14.1. The average molecular weight is 264 g/mol. The minimum absolute atomic E-state index is 0.351. The summed E-state index contributed by atoms with van der Waals surface area (Å²) in [5.74, 6) is 7.30. The number of benzene rings is 1. The van der Waals surface area contributed by atoms with Crippen LogP contribution in [0, 0.1) is 12.8 Å². The number of hydrazine groups is 1. The first kappa shape index (κ1) is 16.0. The predicted octanol–water partition coefficient (Wildman–Crippen LogP) is 3.42. The van der Waals surface area contributed by atoms with Crippen molar-refractivity contribution in [3.05, 3.63) is 29.8 Å². The molecule has 1 aromatic carbocycles. The molecule has 0 heterocycles. The molecular weight excluding hydrogens is 236 g/mol. The van der Waals surface area contributed by atoms with Crippen LogP contribution in [-0.2, 0) is 0 Å². The quantitative estimate of drug-likeness (QED) is 0.530. The first-order valence-corrected chi connectivity index (χ1v) is 7.27. The number of hydrogen-bond donors (Lipinski definition) is 2. The first-order valence-electron chi connectivity index (χ1n) is 7.27. The number of nitrogens with two attached hydrogens (primary N) is 1. The molecule has 0 fully saturated rings. The number of rotatable bonds is 9. The van der Waals surface area contributed by atoms with Gasteiger partial charge in [0, 0.05) is 6.04 Å². The summed E-state index contributed by atoms with van der Waals surface area (Å²) in [6.07, 6.45) is 4.54. The largest absolute Gasteiger partial charge is 0.494 e. The molecule has 0 aromatic heterocycles. The molecule has 0 saturated carbocycles. The van der Waals surface area contributed by atoms with Gasteiger partial charge >= 0.3 is 0 Å². The maximum atomic E-state index is 5.75. The molecule has 0 bridgehead atoms. The van der Waals surface area contributed by atoms with Crippen LogP contribution in [0.4, 0.5) is 0 Å². The molecule has 0 aliphatic heterocycles. The smallest absolute Gasteiger partial charge is 0.119 e. The molecular formula is C16H28N2O. The molecule has 0 radical (unpaired) electrons. The molecule has 3 N–H and O–H groups in total. The Kier molecular flexibility index (Phi) is 7.53. The maximum Gasteiger partial charge on any atom is 0.119 e. The summed E-state index contributed by atoms with van der Waals surface area (Å²) in [5.41, 5.74) is 4.12. The molecule has 19 heavy (non-hydrogen) atoms. The van der Waals surface area contributed by atoms with Gasteiger partial charge in [-0.2, -0.15) is 0 Å². The molecule has 0 saturated heterocycles. The van der Waals surface area contributed by atoms with E-state index in [2.05, 4.69) is 38.3 Å². The van der Waals surface area contributed by atoms with Crippen LogP contribution in [-0.4, -0.2) is 12.6 Å². The molecule has 1 rings (SSSR count). The minimum Gasteiger partial charge on any atom is -0.494 e. The van der Waals surface area contributed by atoms with Gasteiger partial charge in [0.2, 0.25) is 0 Å². The van der Waals surface area contributed by atoms with Gasteiger partial charge in [0.05, 0.1) is 6.61 Å². The Bertz CT molecular complexity index is 352. The third-order valence-corrected chi connectivity index (χ3v) is 3.29. The van der Waals surface area contributed by atoms with Gasteiger partial charge < -0.3 is 4.74 Å². The predicted molar refractivity (Wildman–Crippen MR) is 81.1 cm³/mol. The molecule has 1 unspecified atom stereocenters. The third-order valence-electron chi connectivity index (χ3n) is 3.29. The molecule has 3 heteroatoms. The summed E-state index contributed by atoms with van der Waals surface area (Å²) in [7, 11) is 0. The average Bonchev–Trinajstić information content (AvgIpc) is 2.36. The highest BCUT2D eigenvalue weighted by molar-refractivity contribution is 5.27. The lowest BCUT2D eigenvalue weighted by Gasteiger charge is -2.16.